The molecule has 0 aromatic heterocycles. The molecule has 0 spiro atoms. The molecule has 2 aliphatic heterocycles. The topological polar surface area (TPSA) is 35.9 Å². The highest BCUT2D eigenvalue weighted by Crippen LogP contribution is 2.23. The van der Waals surface area contributed by atoms with E-state index >= 15 is 0 Å². The van der Waals surface area contributed by atoms with Crippen LogP contribution in [0.15, 0.2) is 12.1 Å². The monoisotopic (exact) mass is 340 g/mol. The molecule has 1 N–H and O–H groups in total. The Bertz CT molecular complexity index is 574. The smallest absolute Gasteiger partial charge is 0.129 e. The predicted molar refractivity (Wildman–Crippen MR) is 87.8 cm³/mol. The summed E-state index contributed by atoms with van der Waals surface area (Å²) in [6, 6.07) is 2.35. The summed E-state index contributed by atoms with van der Waals surface area (Å²) in [5, 5.41) is 10.4. The molecule has 1 aromatic carbocycles. The van der Waals surface area contributed by atoms with Gasteiger partial charge in [-0.05, 0) is 37.5 Å². The fraction of sp³-hybridized carbons (Fsp3) is 0.667. The lowest BCUT2D eigenvalue weighted by atomic mass is 9.98. The normalized spacial score (nSPS) is 27.0. The van der Waals surface area contributed by atoms with Crippen molar-refractivity contribution in [3.05, 3.63) is 34.9 Å². The molecule has 3 unspecified atom stereocenters. The van der Waals surface area contributed by atoms with Crippen molar-refractivity contribution in [3.8, 4) is 0 Å². The van der Waals surface area contributed by atoms with Crippen LogP contribution in [0.3, 0.4) is 0 Å². The first kappa shape index (κ1) is 17.7. The first-order valence-electron chi connectivity index (χ1n) is 8.65. The SMILES string of the molecule is CC1CN(CC(O)CN2CCc3c(F)cc(F)cc3C2)CC(C)O1. The zero-order valence-electron chi connectivity index (χ0n) is 14.3. The zero-order valence-corrected chi connectivity index (χ0v) is 14.3. The van der Waals surface area contributed by atoms with Gasteiger partial charge in [0.05, 0.1) is 18.3 Å². The van der Waals surface area contributed by atoms with Crippen molar-refractivity contribution in [2.45, 2.75) is 45.1 Å². The van der Waals surface area contributed by atoms with Crippen LogP contribution >= 0.6 is 0 Å². The average Bonchev–Trinajstić information content (AvgIpc) is 2.45. The second-order valence-corrected chi connectivity index (χ2v) is 7.14. The van der Waals surface area contributed by atoms with Gasteiger partial charge in [0, 0.05) is 45.3 Å². The average molecular weight is 340 g/mol. The van der Waals surface area contributed by atoms with E-state index in [2.05, 4.69) is 9.80 Å². The van der Waals surface area contributed by atoms with Crippen molar-refractivity contribution >= 4 is 0 Å². The van der Waals surface area contributed by atoms with Crippen LogP contribution in [0.2, 0.25) is 0 Å². The van der Waals surface area contributed by atoms with Gasteiger partial charge in [-0.2, -0.15) is 0 Å². The van der Waals surface area contributed by atoms with Gasteiger partial charge in [0.2, 0.25) is 0 Å². The van der Waals surface area contributed by atoms with Gasteiger partial charge in [-0.1, -0.05) is 0 Å². The molecule has 1 aromatic rings. The number of aliphatic hydroxyl groups excluding tert-OH is 1. The standard InChI is InChI=1S/C18H26F2N2O2/c1-12-7-22(8-13(2)24-12)11-16(23)10-21-4-3-17-14(9-21)5-15(19)6-18(17)20/h5-6,12-13,16,23H,3-4,7-11H2,1-2H3. The van der Waals surface area contributed by atoms with Gasteiger partial charge in [0.1, 0.15) is 11.6 Å². The molecule has 1 fully saturated rings. The highest BCUT2D eigenvalue weighted by molar-refractivity contribution is 5.31. The number of ether oxygens (including phenoxy) is 1. The minimum atomic E-state index is -0.537. The fourth-order valence-electron chi connectivity index (χ4n) is 3.91. The predicted octanol–water partition coefficient (Wildman–Crippen LogP) is 1.79. The number of aliphatic hydroxyl groups is 1. The summed E-state index contributed by atoms with van der Waals surface area (Å²) in [4.78, 5) is 4.29. The summed E-state index contributed by atoms with van der Waals surface area (Å²) in [6.45, 7) is 8.00. The van der Waals surface area contributed by atoms with Gasteiger partial charge < -0.3 is 9.84 Å². The lowest BCUT2D eigenvalue weighted by Gasteiger charge is -2.37. The van der Waals surface area contributed by atoms with Gasteiger partial charge in [-0.15, -0.1) is 0 Å². The van der Waals surface area contributed by atoms with E-state index in [1.54, 1.807) is 0 Å². The molecule has 24 heavy (non-hydrogen) atoms. The van der Waals surface area contributed by atoms with Crippen molar-refractivity contribution in [1.29, 1.82) is 0 Å². The molecule has 1 saturated heterocycles. The molecule has 0 bridgehead atoms. The van der Waals surface area contributed by atoms with E-state index in [1.807, 2.05) is 13.8 Å². The van der Waals surface area contributed by atoms with Crippen molar-refractivity contribution in [3.63, 3.8) is 0 Å². The summed E-state index contributed by atoms with van der Waals surface area (Å²) in [5.41, 5.74) is 1.30. The van der Waals surface area contributed by atoms with E-state index in [1.165, 1.54) is 6.07 Å². The maximum Gasteiger partial charge on any atom is 0.129 e. The van der Waals surface area contributed by atoms with Crippen LogP contribution in [-0.4, -0.2) is 65.9 Å². The number of benzene rings is 1. The Hall–Kier alpha value is -1.08. The fourth-order valence-corrected chi connectivity index (χ4v) is 3.91. The van der Waals surface area contributed by atoms with Crippen LogP contribution in [0, 0.1) is 11.6 Å². The van der Waals surface area contributed by atoms with Gasteiger partial charge in [-0.25, -0.2) is 8.78 Å². The summed E-state index contributed by atoms with van der Waals surface area (Å²) >= 11 is 0. The van der Waals surface area contributed by atoms with Gasteiger partial charge in [-0.3, -0.25) is 9.80 Å². The molecule has 3 atom stereocenters. The second-order valence-electron chi connectivity index (χ2n) is 7.14. The second kappa shape index (κ2) is 7.44. The maximum atomic E-state index is 13.8. The highest BCUT2D eigenvalue weighted by Gasteiger charge is 2.26. The number of halogens is 2. The third kappa shape index (κ3) is 4.30. The highest BCUT2D eigenvalue weighted by atomic mass is 19.1. The van der Waals surface area contributed by atoms with Gasteiger partial charge in [0.15, 0.2) is 0 Å². The molecular weight excluding hydrogens is 314 g/mol. The molecule has 0 amide bonds. The molecule has 3 rings (SSSR count). The van der Waals surface area contributed by atoms with Crippen LogP contribution in [0.1, 0.15) is 25.0 Å². The van der Waals surface area contributed by atoms with Crippen LogP contribution < -0.4 is 0 Å². The van der Waals surface area contributed by atoms with E-state index in [0.29, 0.717) is 43.7 Å². The molecule has 0 aliphatic carbocycles. The Morgan fingerprint density at radius 3 is 2.54 bits per heavy atom. The Morgan fingerprint density at radius 2 is 1.83 bits per heavy atom. The number of fused-ring (bicyclic) bond motifs is 1. The Balaban J connectivity index is 1.55. The van der Waals surface area contributed by atoms with Crippen LogP contribution in [0.4, 0.5) is 8.78 Å². The van der Waals surface area contributed by atoms with E-state index in [9.17, 15) is 13.9 Å². The number of rotatable bonds is 4. The lowest BCUT2D eigenvalue weighted by Crippen LogP contribution is -2.50. The number of hydrogen-bond donors (Lipinski definition) is 1. The molecule has 4 nitrogen and oxygen atoms in total. The van der Waals surface area contributed by atoms with Gasteiger partial charge >= 0.3 is 0 Å². The first-order chi connectivity index (χ1) is 11.4. The van der Waals surface area contributed by atoms with Crippen molar-refractivity contribution in [2.75, 3.05) is 32.7 Å². The third-order valence-corrected chi connectivity index (χ3v) is 4.76. The zero-order chi connectivity index (χ0) is 17.3. The minimum Gasteiger partial charge on any atom is -0.390 e. The maximum absolute atomic E-state index is 13.8. The molecule has 2 aliphatic rings. The summed E-state index contributed by atoms with van der Waals surface area (Å²) in [7, 11) is 0. The van der Waals surface area contributed by atoms with Crippen LogP contribution in [0.25, 0.3) is 0 Å². The number of morpholine rings is 1. The van der Waals surface area contributed by atoms with E-state index in [0.717, 1.165) is 19.2 Å². The summed E-state index contributed by atoms with van der Waals surface area (Å²) in [5.74, 6) is -0.994. The molecule has 6 heteroatoms. The quantitative estimate of drug-likeness (QED) is 0.907. The Labute approximate surface area is 142 Å². The van der Waals surface area contributed by atoms with Crippen molar-refractivity contribution < 1.29 is 18.6 Å². The van der Waals surface area contributed by atoms with E-state index < -0.39 is 17.7 Å². The number of hydrogen-bond acceptors (Lipinski definition) is 4. The van der Waals surface area contributed by atoms with E-state index in [-0.39, 0.29) is 12.2 Å². The molecule has 2 heterocycles. The number of nitrogens with zero attached hydrogens (tertiary/aromatic N) is 2. The Morgan fingerprint density at radius 1 is 1.17 bits per heavy atom. The molecule has 134 valence electrons. The minimum absolute atomic E-state index is 0.175. The largest absolute Gasteiger partial charge is 0.390 e. The first-order valence-corrected chi connectivity index (χ1v) is 8.65. The van der Waals surface area contributed by atoms with Crippen LogP contribution in [0.5, 0.6) is 0 Å². The third-order valence-electron chi connectivity index (χ3n) is 4.76. The van der Waals surface area contributed by atoms with Gasteiger partial charge in [0.25, 0.3) is 0 Å². The Kier molecular flexibility index (Phi) is 5.49. The summed E-state index contributed by atoms with van der Waals surface area (Å²) < 4.78 is 32.9. The van der Waals surface area contributed by atoms with Crippen LogP contribution in [-0.2, 0) is 17.7 Å². The summed E-state index contributed by atoms with van der Waals surface area (Å²) in [6.07, 6.45) is 0.421. The number of β-amino-alcohol motifs (C(OH)–C–C–N with tert-alkyl or cyclic N) is 1. The lowest BCUT2D eigenvalue weighted by molar-refractivity contribution is -0.0781. The molecule has 0 saturated carbocycles. The molecule has 0 radical (unpaired) electrons. The molecular formula is C18H26F2N2O2. The van der Waals surface area contributed by atoms with E-state index in [4.69, 9.17) is 4.74 Å². The van der Waals surface area contributed by atoms with Crippen molar-refractivity contribution in [1.82, 2.24) is 9.80 Å². The van der Waals surface area contributed by atoms with Crippen molar-refractivity contribution in [2.24, 2.45) is 0 Å².